The van der Waals surface area contributed by atoms with Crippen LogP contribution in [0.4, 0.5) is 5.69 Å². The van der Waals surface area contributed by atoms with Crippen LogP contribution in [0.25, 0.3) is 0 Å². The van der Waals surface area contributed by atoms with Gasteiger partial charge in [-0.25, -0.2) is 8.42 Å². The van der Waals surface area contributed by atoms with E-state index in [0.29, 0.717) is 17.3 Å². The average Bonchev–Trinajstić information content (AvgIpc) is 2.83. The molecule has 0 saturated heterocycles. The first-order valence-corrected chi connectivity index (χ1v) is 7.89. The fourth-order valence-corrected chi connectivity index (χ4v) is 3.09. The Bertz CT molecular complexity index is 710. The van der Waals surface area contributed by atoms with Gasteiger partial charge in [-0.3, -0.25) is 4.72 Å². The molecule has 0 aliphatic carbocycles. The number of aromatic nitrogens is 1. The highest BCUT2D eigenvalue weighted by atomic mass is 35.5. The number of aryl methyl sites for hydroxylation is 1. The number of rotatable bonds is 5. The van der Waals surface area contributed by atoms with Crippen molar-refractivity contribution < 1.29 is 8.42 Å². The van der Waals surface area contributed by atoms with E-state index in [0.717, 1.165) is 11.3 Å². The maximum Gasteiger partial charge on any atom is 0.263 e. The van der Waals surface area contributed by atoms with Gasteiger partial charge in [-0.15, -0.1) is 0 Å². The van der Waals surface area contributed by atoms with Crippen molar-refractivity contribution in [2.45, 2.75) is 18.4 Å². The molecule has 0 saturated carbocycles. The first-order valence-electron chi connectivity index (χ1n) is 6.03. The van der Waals surface area contributed by atoms with E-state index in [2.05, 4.69) is 15.0 Å². The van der Waals surface area contributed by atoms with Crippen LogP contribution in [-0.2, 0) is 16.6 Å². The van der Waals surface area contributed by atoms with Crippen LogP contribution in [0.3, 0.4) is 0 Å². The van der Waals surface area contributed by atoms with Crippen molar-refractivity contribution in [3.8, 4) is 0 Å². The van der Waals surface area contributed by atoms with Gasteiger partial charge in [0.15, 0.2) is 0 Å². The van der Waals surface area contributed by atoms with E-state index < -0.39 is 10.0 Å². The molecule has 1 aromatic carbocycles. The highest BCUT2D eigenvalue weighted by Crippen LogP contribution is 2.23. The molecule has 0 bridgehead atoms. The zero-order chi connectivity index (χ0) is 14.8. The number of H-pyrrole nitrogens is 1. The maximum atomic E-state index is 12.3. The van der Waals surface area contributed by atoms with Gasteiger partial charge in [0.25, 0.3) is 10.0 Å². The Labute approximate surface area is 123 Å². The zero-order valence-electron chi connectivity index (χ0n) is 11.2. The molecule has 0 fully saturated rings. The van der Waals surface area contributed by atoms with Gasteiger partial charge in [0.1, 0.15) is 4.90 Å². The number of benzene rings is 1. The molecule has 5 nitrogen and oxygen atoms in total. The molecule has 0 spiro atoms. The number of nitrogens with one attached hydrogen (secondary N) is 3. The monoisotopic (exact) mass is 313 g/mol. The smallest absolute Gasteiger partial charge is 0.263 e. The Hall–Kier alpha value is -1.50. The minimum atomic E-state index is -3.62. The van der Waals surface area contributed by atoms with Crippen LogP contribution in [-0.4, -0.2) is 20.4 Å². The summed E-state index contributed by atoms with van der Waals surface area (Å²) in [5, 5.41) is 3.44. The molecule has 2 aromatic rings. The summed E-state index contributed by atoms with van der Waals surface area (Å²) in [6.45, 7) is 2.39. The van der Waals surface area contributed by atoms with Gasteiger partial charge in [0.2, 0.25) is 0 Å². The van der Waals surface area contributed by atoms with E-state index in [4.69, 9.17) is 11.6 Å². The maximum absolute atomic E-state index is 12.3. The lowest BCUT2D eigenvalue weighted by molar-refractivity contribution is 0.601. The van der Waals surface area contributed by atoms with Crippen LogP contribution in [0, 0.1) is 6.92 Å². The Balaban J connectivity index is 2.28. The van der Waals surface area contributed by atoms with Crippen molar-refractivity contribution >= 4 is 27.3 Å². The predicted molar refractivity (Wildman–Crippen MR) is 80.6 cm³/mol. The standard InChI is InChI=1S/C13H16ClN3O2S/c1-9-3-4-10(14)5-13(9)17-20(18,19)12-6-11(7-15-2)16-8-12/h3-6,8,15-17H,7H2,1-2H3. The van der Waals surface area contributed by atoms with E-state index in [9.17, 15) is 8.42 Å². The van der Waals surface area contributed by atoms with Gasteiger partial charge in [-0.2, -0.15) is 0 Å². The fraction of sp³-hybridized carbons (Fsp3) is 0.231. The molecule has 2 rings (SSSR count). The van der Waals surface area contributed by atoms with E-state index >= 15 is 0 Å². The molecule has 20 heavy (non-hydrogen) atoms. The molecule has 7 heteroatoms. The minimum Gasteiger partial charge on any atom is -0.363 e. The Morgan fingerprint density at radius 1 is 1.30 bits per heavy atom. The molecule has 1 aromatic heterocycles. The third-order valence-corrected chi connectivity index (χ3v) is 4.42. The molecule has 0 aliphatic heterocycles. The normalized spacial score (nSPS) is 11.6. The number of halogens is 1. The fourth-order valence-electron chi connectivity index (χ4n) is 1.77. The second-order valence-corrected chi connectivity index (χ2v) is 6.57. The van der Waals surface area contributed by atoms with E-state index in [1.54, 1.807) is 31.3 Å². The number of aromatic amines is 1. The van der Waals surface area contributed by atoms with Crippen LogP contribution >= 0.6 is 11.6 Å². The lowest BCUT2D eigenvalue weighted by Gasteiger charge is -2.09. The quantitative estimate of drug-likeness (QED) is 0.794. The Morgan fingerprint density at radius 2 is 2.05 bits per heavy atom. The summed E-state index contributed by atoms with van der Waals surface area (Å²) in [4.78, 5) is 3.11. The van der Waals surface area contributed by atoms with Gasteiger partial charge < -0.3 is 10.3 Å². The van der Waals surface area contributed by atoms with Crippen LogP contribution in [0.2, 0.25) is 5.02 Å². The summed E-state index contributed by atoms with van der Waals surface area (Å²) in [7, 11) is -1.82. The molecule has 3 N–H and O–H groups in total. The molecular weight excluding hydrogens is 298 g/mol. The van der Waals surface area contributed by atoms with Crippen molar-refractivity contribution in [3.05, 3.63) is 46.7 Å². The second kappa shape index (κ2) is 5.87. The summed E-state index contributed by atoms with van der Waals surface area (Å²) in [5.74, 6) is 0. The molecule has 0 radical (unpaired) electrons. The molecule has 108 valence electrons. The topological polar surface area (TPSA) is 74.0 Å². The molecule has 1 heterocycles. The third-order valence-electron chi connectivity index (χ3n) is 2.84. The first-order chi connectivity index (χ1) is 9.42. The van der Waals surface area contributed by atoms with Crippen LogP contribution in [0.5, 0.6) is 0 Å². The summed E-state index contributed by atoms with van der Waals surface area (Å²) >= 11 is 5.89. The first kappa shape index (κ1) is 14.9. The lowest BCUT2D eigenvalue weighted by Crippen LogP contribution is -2.13. The zero-order valence-corrected chi connectivity index (χ0v) is 12.8. The summed E-state index contributed by atoms with van der Waals surface area (Å²) in [5.41, 5.74) is 2.09. The van der Waals surface area contributed by atoms with E-state index in [1.165, 1.54) is 6.20 Å². The molecule has 0 aliphatic rings. The minimum absolute atomic E-state index is 0.196. The Morgan fingerprint density at radius 3 is 2.75 bits per heavy atom. The predicted octanol–water partition coefficient (Wildman–Crippen LogP) is 2.50. The van der Waals surface area contributed by atoms with Crippen molar-refractivity contribution in [2.24, 2.45) is 0 Å². The van der Waals surface area contributed by atoms with Crippen molar-refractivity contribution in [3.63, 3.8) is 0 Å². The number of anilines is 1. The number of hydrogen-bond acceptors (Lipinski definition) is 3. The lowest BCUT2D eigenvalue weighted by atomic mass is 10.2. The number of hydrogen-bond donors (Lipinski definition) is 3. The molecule has 0 unspecified atom stereocenters. The van der Waals surface area contributed by atoms with E-state index in [-0.39, 0.29) is 4.90 Å². The highest BCUT2D eigenvalue weighted by Gasteiger charge is 2.17. The van der Waals surface area contributed by atoms with Crippen LogP contribution < -0.4 is 10.0 Å². The van der Waals surface area contributed by atoms with Crippen LogP contribution in [0.1, 0.15) is 11.3 Å². The summed E-state index contributed by atoms with van der Waals surface area (Å²) in [6.07, 6.45) is 1.47. The average molecular weight is 314 g/mol. The van der Waals surface area contributed by atoms with Gasteiger partial charge in [0.05, 0.1) is 5.69 Å². The van der Waals surface area contributed by atoms with Crippen molar-refractivity contribution in [2.75, 3.05) is 11.8 Å². The van der Waals surface area contributed by atoms with E-state index in [1.807, 2.05) is 6.92 Å². The highest BCUT2D eigenvalue weighted by molar-refractivity contribution is 7.92. The summed E-state index contributed by atoms with van der Waals surface area (Å²) in [6, 6.07) is 6.67. The van der Waals surface area contributed by atoms with Gasteiger partial charge in [-0.1, -0.05) is 17.7 Å². The molecule has 0 atom stereocenters. The van der Waals surface area contributed by atoms with Gasteiger partial charge >= 0.3 is 0 Å². The second-order valence-electron chi connectivity index (χ2n) is 4.46. The third kappa shape index (κ3) is 3.33. The largest absolute Gasteiger partial charge is 0.363 e. The van der Waals surface area contributed by atoms with Crippen LogP contribution in [0.15, 0.2) is 35.4 Å². The van der Waals surface area contributed by atoms with Crippen molar-refractivity contribution in [1.82, 2.24) is 10.3 Å². The SMILES string of the molecule is CNCc1cc(S(=O)(=O)Nc2cc(Cl)ccc2C)c[nH]1. The van der Waals surface area contributed by atoms with Gasteiger partial charge in [0, 0.05) is 23.5 Å². The van der Waals surface area contributed by atoms with Crippen molar-refractivity contribution in [1.29, 1.82) is 0 Å². The number of sulfonamides is 1. The summed E-state index contributed by atoms with van der Waals surface area (Å²) < 4.78 is 27.1. The Kier molecular flexibility index (Phi) is 4.37. The molecule has 0 amide bonds. The van der Waals surface area contributed by atoms with Gasteiger partial charge in [-0.05, 0) is 37.7 Å². The molecular formula is C13H16ClN3O2S.